The van der Waals surface area contributed by atoms with Crippen LogP contribution in [0.4, 0.5) is 0 Å². The van der Waals surface area contributed by atoms with E-state index < -0.39 is 0 Å². The third-order valence-corrected chi connectivity index (χ3v) is 3.40. The zero-order chi connectivity index (χ0) is 16.9. The van der Waals surface area contributed by atoms with Crippen LogP contribution >= 0.6 is 0 Å². The molecule has 24 heavy (non-hydrogen) atoms. The van der Waals surface area contributed by atoms with E-state index in [9.17, 15) is 9.59 Å². The molecule has 1 aromatic carbocycles. The molecule has 116 valence electrons. The second-order valence-electron chi connectivity index (χ2n) is 4.88. The van der Waals surface area contributed by atoms with E-state index in [0.717, 1.165) is 4.90 Å². The highest BCUT2D eigenvalue weighted by atomic mass is 16.5. The predicted octanol–water partition coefficient (Wildman–Crippen LogP) is 1.63. The first-order chi connectivity index (χ1) is 11.7. The number of nitriles is 1. The number of hydrogen-bond donors (Lipinski definition) is 0. The number of fused-ring (bicyclic) bond motifs is 1. The first-order valence-corrected chi connectivity index (χ1v) is 7.10. The molecule has 6 nitrogen and oxygen atoms in total. The maximum absolute atomic E-state index is 12.1. The van der Waals surface area contributed by atoms with Crippen molar-refractivity contribution in [3.8, 4) is 23.8 Å². The topological polar surface area (TPSA) is 83.3 Å². The van der Waals surface area contributed by atoms with Crippen molar-refractivity contribution in [1.82, 2.24) is 9.88 Å². The van der Waals surface area contributed by atoms with Crippen LogP contribution in [0, 0.1) is 23.2 Å². The van der Waals surface area contributed by atoms with Gasteiger partial charge < -0.3 is 4.74 Å². The minimum absolute atomic E-state index is 0.00136. The maximum Gasteiger partial charge on any atom is 0.262 e. The van der Waals surface area contributed by atoms with Crippen LogP contribution in [0.15, 0.2) is 42.6 Å². The van der Waals surface area contributed by atoms with Gasteiger partial charge in [0, 0.05) is 12.3 Å². The number of nitrogens with zero attached hydrogens (tertiary/aromatic N) is 3. The lowest BCUT2D eigenvalue weighted by Crippen LogP contribution is -2.30. The number of ether oxygens (including phenoxy) is 1. The van der Waals surface area contributed by atoms with Gasteiger partial charge in [0.05, 0.1) is 29.3 Å². The summed E-state index contributed by atoms with van der Waals surface area (Å²) in [5, 5.41) is 8.79. The molecule has 2 heterocycles. The Balaban J connectivity index is 1.58. The van der Waals surface area contributed by atoms with Crippen molar-refractivity contribution in [2.75, 3.05) is 13.2 Å². The van der Waals surface area contributed by atoms with Gasteiger partial charge in [0.1, 0.15) is 0 Å². The summed E-state index contributed by atoms with van der Waals surface area (Å²) < 4.78 is 5.30. The number of benzene rings is 1. The lowest BCUT2D eigenvalue weighted by molar-refractivity contribution is 0.0675. The van der Waals surface area contributed by atoms with Crippen molar-refractivity contribution in [1.29, 1.82) is 5.26 Å². The lowest BCUT2D eigenvalue weighted by atomic mass is 10.1. The van der Waals surface area contributed by atoms with Crippen LogP contribution in [-0.2, 0) is 0 Å². The third kappa shape index (κ3) is 2.94. The number of amides is 2. The van der Waals surface area contributed by atoms with E-state index in [4.69, 9.17) is 10.00 Å². The molecule has 2 amide bonds. The Morgan fingerprint density at radius 3 is 2.46 bits per heavy atom. The average Bonchev–Trinajstić information content (AvgIpc) is 2.86. The number of carbonyl (C=O) groups is 2. The van der Waals surface area contributed by atoms with Crippen molar-refractivity contribution in [3.63, 3.8) is 0 Å². The van der Waals surface area contributed by atoms with Gasteiger partial charge >= 0.3 is 0 Å². The summed E-state index contributed by atoms with van der Waals surface area (Å²) >= 11 is 0. The Kier molecular flexibility index (Phi) is 4.22. The summed E-state index contributed by atoms with van der Waals surface area (Å²) in [5.41, 5.74) is 1.25. The third-order valence-electron chi connectivity index (χ3n) is 3.40. The molecule has 0 fully saturated rings. The van der Waals surface area contributed by atoms with Gasteiger partial charge in [-0.1, -0.05) is 24.0 Å². The zero-order valence-electron chi connectivity index (χ0n) is 12.5. The maximum atomic E-state index is 12.1. The summed E-state index contributed by atoms with van der Waals surface area (Å²) in [4.78, 5) is 29.3. The predicted molar refractivity (Wildman–Crippen MR) is 84.0 cm³/mol. The SMILES string of the molecule is N#Cc1ccnc(OCC#CCN2C(=O)c3ccccc3C2=O)c1. The van der Waals surface area contributed by atoms with Gasteiger partial charge in [-0.05, 0) is 18.2 Å². The van der Waals surface area contributed by atoms with Gasteiger partial charge in [-0.15, -0.1) is 0 Å². The Labute approximate surface area is 138 Å². The first kappa shape index (κ1) is 15.3. The van der Waals surface area contributed by atoms with Crippen LogP contribution in [0.3, 0.4) is 0 Å². The number of imide groups is 1. The average molecular weight is 317 g/mol. The molecular formula is C18H11N3O3. The van der Waals surface area contributed by atoms with Gasteiger partial charge in [-0.25, -0.2) is 4.98 Å². The van der Waals surface area contributed by atoms with Crippen LogP contribution in [-0.4, -0.2) is 34.8 Å². The van der Waals surface area contributed by atoms with Crippen molar-refractivity contribution in [2.45, 2.75) is 0 Å². The lowest BCUT2D eigenvalue weighted by Gasteiger charge is -2.08. The van der Waals surface area contributed by atoms with Crippen molar-refractivity contribution in [2.24, 2.45) is 0 Å². The fraction of sp³-hybridized carbons (Fsp3) is 0.111. The molecule has 0 saturated heterocycles. The second-order valence-corrected chi connectivity index (χ2v) is 4.88. The molecule has 0 unspecified atom stereocenters. The Hall–Kier alpha value is -3.64. The minimum atomic E-state index is -0.339. The summed E-state index contributed by atoms with van der Waals surface area (Å²) in [6.45, 7) is 0.0480. The molecule has 1 aliphatic rings. The summed E-state index contributed by atoms with van der Waals surface area (Å²) in [5.74, 6) is 5.08. The number of carbonyl (C=O) groups excluding carboxylic acids is 2. The summed E-state index contributed by atoms with van der Waals surface area (Å²) in [6.07, 6.45) is 1.47. The molecule has 0 N–H and O–H groups in total. The molecule has 0 saturated carbocycles. The van der Waals surface area contributed by atoms with Crippen LogP contribution in [0.5, 0.6) is 5.88 Å². The van der Waals surface area contributed by atoms with Crippen LogP contribution in [0.2, 0.25) is 0 Å². The summed E-state index contributed by atoms with van der Waals surface area (Å²) in [6, 6.07) is 11.7. The van der Waals surface area contributed by atoms with Gasteiger partial charge in [0.25, 0.3) is 11.8 Å². The molecule has 3 rings (SSSR count). The van der Waals surface area contributed by atoms with Crippen LogP contribution < -0.4 is 4.74 Å². The quantitative estimate of drug-likeness (QED) is 0.634. The highest BCUT2D eigenvalue weighted by Gasteiger charge is 2.34. The zero-order valence-corrected chi connectivity index (χ0v) is 12.5. The highest BCUT2D eigenvalue weighted by Crippen LogP contribution is 2.21. The van der Waals surface area contributed by atoms with Crippen LogP contribution in [0.25, 0.3) is 0 Å². The van der Waals surface area contributed by atoms with Crippen LogP contribution in [0.1, 0.15) is 26.3 Å². The molecule has 1 aromatic heterocycles. The van der Waals surface area contributed by atoms with E-state index >= 15 is 0 Å². The van der Waals surface area contributed by atoms with Gasteiger partial charge in [0.2, 0.25) is 5.88 Å². The smallest absolute Gasteiger partial charge is 0.262 e. The van der Waals surface area contributed by atoms with Crippen molar-refractivity contribution < 1.29 is 14.3 Å². The minimum Gasteiger partial charge on any atom is -0.464 e. The number of rotatable bonds is 3. The Morgan fingerprint density at radius 1 is 1.08 bits per heavy atom. The summed E-state index contributed by atoms with van der Waals surface area (Å²) in [7, 11) is 0. The molecule has 2 aromatic rings. The van der Waals surface area contributed by atoms with Gasteiger partial charge in [-0.3, -0.25) is 14.5 Å². The van der Waals surface area contributed by atoms with Crippen molar-refractivity contribution in [3.05, 3.63) is 59.3 Å². The number of aromatic nitrogens is 1. The fourth-order valence-corrected chi connectivity index (χ4v) is 2.24. The molecule has 6 heteroatoms. The van der Waals surface area contributed by atoms with Crippen molar-refractivity contribution >= 4 is 11.8 Å². The standard InChI is InChI=1S/C18H11N3O3/c19-12-13-7-8-20-16(11-13)24-10-4-3-9-21-17(22)14-5-1-2-6-15(14)18(21)23/h1-2,5-8,11H,9-10H2. The normalized spacial score (nSPS) is 12.2. The molecule has 0 radical (unpaired) electrons. The number of hydrogen-bond acceptors (Lipinski definition) is 5. The van der Waals surface area contributed by atoms with E-state index in [0.29, 0.717) is 22.6 Å². The molecule has 0 aliphatic carbocycles. The molecule has 1 aliphatic heterocycles. The highest BCUT2D eigenvalue weighted by molar-refractivity contribution is 6.21. The van der Waals surface area contributed by atoms with Gasteiger partial charge in [-0.2, -0.15) is 5.26 Å². The van der Waals surface area contributed by atoms with Gasteiger partial charge in [0.15, 0.2) is 6.61 Å². The fourth-order valence-electron chi connectivity index (χ4n) is 2.24. The largest absolute Gasteiger partial charge is 0.464 e. The Morgan fingerprint density at radius 2 is 1.79 bits per heavy atom. The second kappa shape index (κ2) is 6.64. The van der Waals surface area contributed by atoms with E-state index in [1.807, 2.05) is 6.07 Å². The van der Waals surface area contributed by atoms with E-state index in [1.54, 1.807) is 30.3 Å². The first-order valence-electron chi connectivity index (χ1n) is 7.10. The van der Waals surface area contributed by atoms with E-state index in [2.05, 4.69) is 16.8 Å². The molecule has 0 spiro atoms. The van der Waals surface area contributed by atoms with E-state index in [-0.39, 0.29) is 25.0 Å². The van der Waals surface area contributed by atoms with E-state index in [1.165, 1.54) is 12.3 Å². The Bertz CT molecular complexity index is 884. The monoisotopic (exact) mass is 317 g/mol. The molecular weight excluding hydrogens is 306 g/mol. The molecule has 0 atom stereocenters. The number of pyridine rings is 1. The molecule has 0 bridgehead atoms.